The van der Waals surface area contributed by atoms with Gasteiger partial charge in [0.2, 0.25) is 5.88 Å². The summed E-state index contributed by atoms with van der Waals surface area (Å²) in [5, 5.41) is 9.67. The van der Waals surface area contributed by atoms with Crippen molar-refractivity contribution in [3.05, 3.63) is 66.0 Å². The van der Waals surface area contributed by atoms with Gasteiger partial charge in [-0.2, -0.15) is 0 Å². The number of aromatic nitrogens is 2. The van der Waals surface area contributed by atoms with Crippen molar-refractivity contribution in [2.24, 2.45) is 0 Å². The first-order chi connectivity index (χ1) is 13.5. The van der Waals surface area contributed by atoms with Crippen LogP contribution in [0.15, 0.2) is 54.7 Å². The minimum Gasteiger partial charge on any atom is -0.493 e. The average Bonchev–Trinajstić information content (AvgIpc) is 2.78. The Bertz CT molecular complexity index is 990. The zero-order chi connectivity index (χ0) is 19.7. The molecule has 144 valence electrons. The molecule has 3 N–H and O–H groups in total. The number of rotatable bonds is 3. The lowest BCUT2D eigenvalue weighted by Gasteiger charge is -2.28. The summed E-state index contributed by atoms with van der Waals surface area (Å²) >= 11 is 0. The second kappa shape index (κ2) is 7.48. The molecule has 1 atom stereocenters. The van der Waals surface area contributed by atoms with Gasteiger partial charge in [0.05, 0.1) is 5.69 Å². The van der Waals surface area contributed by atoms with Gasteiger partial charge < -0.3 is 15.7 Å². The van der Waals surface area contributed by atoms with E-state index in [1.807, 2.05) is 24.3 Å². The molecule has 3 heterocycles. The summed E-state index contributed by atoms with van der Waals surface area (Å²) in [5.41, 5.74) is 11.4. The molecule has 0 unspecified atom stereocenters. The van der Waals surface area contributed by atoms with Gasteiger partial charge in [0.15, 0.2) is 0 Å². The van der Waals surface area contributed by atoms with E-state index in [2.05, 4.69) is 51.9 Å². The average molecular weight is 375 g/mol. The largest absolute Gasteiger partial charge is 0.493 e. The quantitative estimate of drug-likeness (QED) is 0.731. The van der Waals surface area contributed by atoms with E-state index in [-0.39, 0.29) is 5.88 Å². The molecule has 1 aromatic carbocycles. The van der Waals surface area contributed by atoms with Gasteiger partial charge in [-0.05, 0) is 47.9 Å². The number of fused-ring (bicyclic) bond motifs is 1. The van der Waals surface area contributed by atoms with Crippen LogP contribution in [0.3, 0.4) is 0 Å². The minimum absolute atomic E-state index is 0.0683. The summed E-state index contributed by atoms with van der Waals surface area (Å²) in [6.07, 6.45) is 1.74. The third-order valence-electron chi connectivity index (χ3n) is 5.30. The summed E-state index contributed by atoms with van der Waals surface area (Å²) < 4.78 is 0. The Labute approximate surface area is 165 Å². The van der Waals surface area contributed by atoms with Crippen molar-refractivity contribution in [1.29, 1.82) is 0 Å². The molecule has 4 rings (SSSR count). The molecule has 1 aliphatic heterocycles. The van der Waals surface area contributed by atoms with E-state index in [0.717, 1.165) is 29.9 Å². The summed E-state index contributed by atoms with van der Waals surface area (Å²) in [5.74, 6) is 0.595. The topological polar surface area (TPSA) is 78.5 Å². The van der Waals surface area contributed by atoms with Crippen molar-refractivity contribution in [3.63, 3.8) is 0 Å². The van der Waals surface area contributed by atoms with Crippen molar-refractivity contribution in [2.75, 3.05) is 24.2 Å². The van der Waals surface area contributed by atoms with Crippen LogP contribution in [0.25, 0.3) is 11.1 Å². The number of aromatic hydroxyl groups is 1. The Morgan fingerprint density at radius 1 is 1.14 bits per heavy atom. The maximum Gasteiger partial charge on any atom is 0.210 e. The summed E-state index contributed by atoms with van der Waals surface area (Å²) in [6, 6.07) is 16.2. The number of nitrogen functional groups attached to an aromatic ring is 1. The predicted molar refractivity (Wildman–Crippen MR) is 112 cm³/mol. The fraction of sp³-hybridized carbons (Fsp3) is 0.273. The first kappa shape index (κ1) is 18.3. The molecule has 0 fully saturated rings. The Kier molecular flexibility index (Phi) is 4.88. The van der Waals surface area contributed by atoms with Crippen molar-refractivity contribution < 1.29 is 5.11 Å². The van der Waals surface area contributed by atoms with Gasteiger partial charge in [0.25, 0.3) is 0 Å². The number of hydrogen-bond acceptors (Lipinski definition) is 6. The summed E-state index contributed by atoms with van der Waals surface area (Å²) in [6.45, 7) is 4.67. The Balaban J connectivity index is 1.64. The van der Waals surface area contributed by atoms with Crippen molar-refractivity contribution in [3.8, 4) is 17.0 Å². The third-order valence-corrected chi connectivity index (χ3v) is 5.30. The Morgan fingerprint density at radius 3 is 2.75 bits per heavy atom. The number of pyridine rings is 2. The molecule has 0 bridgehead atoms. The lowest BCUT2D eigenvalue weighted by molar-refractivity contribution is 0.197. The van der Waals surface area contributed by atoms with Crippen LogP contribution >= 0.6 is 0 Å². The van der Waals surface area contributed by atoms with Crippen LogP contribution in [-0.2, 0) is 13.1 Å². The van der Waals surface area contributed by atoms with E-state index in [9.17, 15) is 5.11 Å². The molecule has 3 aromatic rings. The number of anilines is 2. The smallest absolute Gasteiger partial charge is 0.210 e. The zero-order valence-electron chi connectivity index (χ0n) is 16.2. The molecule has 0 saturated carbocycles. The van der Waals surface area contributed by atoms with Gasteiger partial charge >= 0.3 is 0 Å². The van der Waals surface area contributed by atoms with Gasteiger partial charge in [-0.15, -0.1) is 0 Å². The second-order valence-corrected chi connectivity index (χ2v) is 7.43. The van der Waals surface area contributed by atoms with Crippen LogP contribution in [0.4, 0.5) is 11.5 Å². The van der Waals surface area contributed by atoms with E-state index in [0.29, 0.717) is 18.4 Å². The van der Waals surface area contributed by atoms with Crippen LogP contribution in [0.1, 0.15) is 18.2 Å². The number of likely N-dealkylation sites (N-methyl/N-ethyl adjacent to an activating group) is 1. The Morgan fingerprint density at radius 2 is 1.96 bits per heavy atom. The molecule has 0 spiro atoms. The second-order valence-electron chi connectivity index (χ2n) is 7.43. The molecule has 1 aliphatic rings. The number of nitrogens with two attached hydrogens (primary N) is 1. The molecule has 0 amide bonds. The van der Waals surface area contributed by atoms with Crippen LogP contribution in [-0.4, -0.2) is 39.6 Å². The SMILES string of the molecule is C[C@@H]1CN(C)c2cc(-c3ccnc(N)c3)ccc2CN1Cc1cccc(O)n1. The van der Waals surface area contributed by atoms with E-state index < -0.39 is 0 Å². The Hall–Kier alpha value is -3.12. The lowest BCUT2D eigenvalue weighted by atomic mass is 10.0. The van der Waals surface area contributed by atoms with Crippen molar-refractivity contribution in [2.45, 2.75) is 26.1 Å². The van der Waals surface area contributed by atoms with E-state index in [1.54, 1.807) is 12.3 Å². The van der Waals surface area contributed by atoms with Gasteiger partial charge in [-0.25, -0.2) is 9.97 Å². The van der Waals surface area contributed by atoms with Gasteiger partial charge in [-0.3, -0.25) is 4.90 Å². The molecule has 2 aromatic heterocycles. The van der Waals surface area contributed by atoms with Gasteiger partial charge in [0, 0.05) is 50.7 Å². The number of nitrogens with zero attached hydrogens (tertiary/aromatic N) is 4. The monoisotopic (exact) mass is 375 g/mol. The minimum atomic E-state index is 0.0683. The molecular formula is C22H25N5O. The molecular weight excluding hydrogens is 350 g/mol. The fourth-order valence-corrected chi connectivity index (χ4v) is 3.82. The highest BCUT2D eigenvalue weighted by atomic mass is 16.3. The van der Waals surface area contributed by atoms with E-state index >= 15 is 0 Å². The summed E-state index contributed by atoms with van der Waals surface area (Å²) in [7, 11) is 2.14. The van der Waals surface area contributed by atoms with Crippen LogP contribution < -0.4 is 10.6 Å². The van der Waals surface area contributed by atoms with Crippen molar-refractivity contribution >= 4 is 11.5 Å². The van der Waals surface area contributed by atoms with Gasteiger partial charge in [0.1, 0.15) is 5.82 Å². The van der Waals surface area contributed by atoms with Crippen LogP contribution in [0, 0.1) is 0 Å². The third kappa shape index (κ3) is 3.77. The molecule has 0 aliphatic carbocycles. The molecule has 6 nitrogen and oxygen atoms in total. The summed E-state index contributed by atoms with van der Waals surface area (Å²) in [4.78, 5) is 13.0. The maximum atomic E-state index is 9.67. The first-order valence-electron chi connectivity index (χ1n) is 9.44. The first-order valence-corrected chi connectivity index (χ1v) is 9.44. The molecule has 6 heteroatoms. The van der Waals surface area contributed by atoms with Gasteiger partial charge in [-0.1, -0.05) is 18.2 Å². The van der Waals surface area contributed by atoms with E-state index in [4.69, 9.17) is 5.73 Å². The zero-order valence-corrected chi connectivity index (χ0v) is 16.2. The highest BCUT2D eigenvalue weighted by Gasteiger charge is 2.24. The van der Waals surface area contributed by atoms with E-state index in [1.165, 1.54) is 11.3 Å². The number of benzene rings is 1. The molecule has 0 radical (unpaired) electrons. The lowest BCUT2D eigenvalue weighted by Crippen LogP contribution is -2.37. The molecule has 0 saturated heterocycles. The maximum absolute atomic E-state index is 9.67. The standard InChI is InChI=1S/C22H25N5O/c1-15-12-26(2)20-10-16(17-8-9-24-21(23)11-17)6-7-18(20)13-27(15)14-19-4-3-5-22(28)25-19/h3-11,15H,12-14H2,1-2H3,(H2,23,24)(H,25,28)/t15-/m1/s1. The highest BCUT2D eigenvalue weighted by Crippen LogP contribution is 2.32. The number of hydrogen-bond donors (Lipinski definition) is 2. The van der Waals surface area contributed by atoms with Crippen molar-refractivity contribution in [1.82, 2.24) is 14.9 Å². The normalized spacial score (nSPS) is 17.2. The molecule has 28 heavy (non-hydrogen) atoms. The predicted octanol–water partition coefficient (Wildman–Crippen LogP) is 3.27. The van der Waals surface area contributed by atoms with Crippen LogP contribution in [0.2, 0.25) is 0 Å². The highest BCUT2D eigenvalue weighted by molar-refractivity contribution is 5.72. The fourth-order valence-electron chi connectivity index (χ4n) is 3.82. The van der Waals surface area contributed by atoms with Crippen LogP contribution in [0.5, 0.6) is 5.88 Å².